The van der Waals surface area contributed by atoms with Gasteiger partial charge in [-0.2, -0.15) is 0 Å². The molecule has 3 N–H and O–H groups in total. The number of aromatic hydroxyl groups is 1. The molecule has 0 unspecified atom stereocenters. The van der Waals surface area contributed by atoms with Crippen LogP contribution in [0.25, 0.3) is 10.8 Å². The van der Waals surface area contributed by atoms with E-state index in [0.29, 0.717) is 5.75 Å². The number of hydrogen-bond donors (Lipinski definition) is 2. The summed E-state index contributed by atoms with van der Waals surface area (Å²) in [6, 6.07) is 11.7. The minimum absolute atomic E-state index is 0. The van der Waals surface area contributed by atoms with Crippen LogP contribution in [0.3, 0.4) is 0 Å². The van der Waals surface area contributed by atoms with Gasteiger partial charge in [-0.15, -0.1) is 12.4 Å². The summed E-state index contributed by atoms with van der Waals surface area (Å²) in [6.07, 6.45) is 3.37. The monoisotopic (exact) mass is 265 g/mol. The maximum atomic E-state index is 9.40. The van der Waals surface area contributed by atoms with Gasteiger partial charge in [0.1, 0.15) is 5.75 Å². The van der Waals surface area contributed by atoms with Crippen molar-refractivity contribution in [2.45, 2.75) is 32.2 Å². The van der Waals surface area contributed by atoms with E-state index in [1.54, 1.807) is 12.1 Å². The van der Waals surface area contributed by atoms with E-state index < -0.39 is 0 Å². The van der Waals surface area contributed by atoms with Crippen LogP contribution < -0.4 is 5.73 Å². The minimum Gasteiger partial charge on any atom is -0.508 e. The van der Waals surface area contributed by atoms with Crippen LogP contribution in [-0.4, -0.2) is 5.11 Å². The maximum Gasteiger partial charge on any atom is 0.116 e. The molecule has 2 aromatic carbocycles. The number of hydrogen-bond acceptors (Lipinski definition) is 2. The Morgan fingerprint density at radius 3 is 2.50 bits per heavy atom. The highest BCUT2D eigenvalue weighted by molar-refractivity contribution is 5.85. The van der Waals surface area contributed by atoms with Gasteiger partial charge in [0, 0.05) is 6.04 Å². The zero-order valence-corrected chi connectivity index (χ0v) is 11.4. The van der Waals surface area contributed by atoms with Crippen molar-refractivity contribution in [3.05, 3.63) is 42.0 Å². The molecule has 0 saturated carbocycles. The molecule has 0 aromatic heterocycles. The Morgan fingerprint density at radius 1 is 1.11 bits per heavy atom. The van der Waals surface area contributed by atoms with Gasteiger partial charge in [0.2, 0.25) is 0 Å². The first-order valence-corrected chi connectivity index (χ1v) is 6.19. The Kier molecular flexibility index (Phi) is 5.45. The standard InChI is InChI=1S/C15H19NO.ClH/c1-2-3-4-15(16)13-6-5-12-10-14(17)8-7-11(12)9-13;/h5-10,15,17H,2-4,16H2,1H3;1H/t15-;/m0./s1. The summed E-state index contributed by atoms with van der Waals surface area (Å²) in [6.45, 7) is 2.18. The molecule has 0 aliphatic rings. The van der Waals surface area contributed by atoms with E-state index in [9.17, 15) is 5.11 Å². The number of unbranched alkanes of at least 4 members (excludes halogenated alkanes) is 1. The molecule has 2 rings (SSSR count). The van der Waals surface area contributed by atoms with Crippen molar-refractivity contribution in [2.24, 2.45) is 5.73 Å². The molecule has 0 radical (unpaired) electrons. The first kappa shape index (κ1) is 14.8. The molecular weight excluding hydrogens is 246 g/mol. The number of benzene rings is 2. The predicted molar refractivity (Wildman–Crippen MR) is 79.3 cm³/mol. The molecule has 1 atom stereocenters. The van der Waals surface area contributed by atoms with Crippen LogP contribution >= 0.6 is 12.4 Å². The third kappa shape index (κ3) is 3.37. The predicted octanol–water partition coefficient (Wildman–Crippen LogP) is 4.16. The third-order valence-corrected chi connectivity index (χ3v) is 3.14. The SMILES string of the molecule is CCCC[C@H](N)c1ccc2cc(O)ccc2c1.Cl. The van der Waals surface area contributed by atoms with Gasteiger partial charge >= 0.3 is 0 Å². The Hall–Kier alpha value is -1.25. The lowest BCUT2D eigenvalue weighted by Crippen LogP contribution is -2.09. The van der Waals surface area contributed by atoms with Gasteiger partial charge in [-0.1, -0.05) is 38.0 Å². The molecule has 0 fully saturated rings. The van der Waals surface area contributed by atoms with E-state index in [-0.39, 0.29) is 18.4 Å². The highest BCUT2D eigenvalue weighted by Gasteiger charge is 2.06. The number of nitrogens with two attached hydrogens (primary N) is 1. The summed E-state index contributed by atoms with van der Waals surface area (Å²) >= 11 is 0. The second kappa shape index (κ2) is 6.62. The van der Waals surface area contributed by atoms with Gasteiger partial charge in [-0.3, -0.25) is 0 Å². The highest BCUT2D eigenvalue weighted by Crippen LogP contribution is 2.24. The van der Waals surface area contributed by atoms with E-state index in [1.807, 2.05) is 12.1 Å². The van der Waals surface area contributed by atoms with Gasteiger partial charge in [-0.05, 0) is 41.0 Å². The fourth-order valence-electron chi connectivity index (χ4n) is 2.07. The fraction of sp³-hybridized carbons (Fsp3) is 0.333. The molecule has 0 aliphatic heterocycles. The molecule has 0 heterocycles. The largest absolute Gasteiger partial charge is 0.508 e. The van der Waals surface area contributed by atoms with Crippen LogP contribution in [0.2, 0.25) is 0 Å². The van der Waals surface area contributed by atoms with Gasteiger partial charge in [0.05, 0.1) is 0 Å². The number of fused-ring (bicyclic) bond motifs is 1. The quantitative estimate of drug-likeness (QED) is 0.872. The zero-order chi connectivity index (χ0) is 12.3. The maximum absolute atomic E-state index is 9.40. The summed E-state index contributed by atoms with van der Waals surface area (Å²) in [4.78, 5) is 0. The van der Waals surface area contributed by atoms with Crippen LogP contribution in [0.5, 0.6) is 5.75 Å². The number of rotatable bonds is 4. The third-order valence-electron chi connectivity index (χ3n) is 3.14. The second-order valence-corrected chi connectivity index (χ2v) is 4.54. The Labute approximate surface area is 114 Å². The normalized spacial score (nSPS) is 12.1. The van der Waals surface area contributed by atoms with Gasteiger partial charge < -0.3 is 10.8 Å². The molecule has 2 aromatic rings. The summed E-state index contributed by atoms with van der Waals surface area (Å²) in [5.74, 6) is 0.306. The van der Waals surface area contributed by atoms with E-state index in [1.165, 1.54) is 12.0 Å². The topological polar surface area (TPSA) is 46.2 Å². The Morgan fingerprint density at radius 2 is 1.78 bits per heavy atom. The summed E-state index contributed by atoms with van der Waals surface area (Å²) in [5.41, 5.74) is 7.33. The summed E-state index contributed by atoms with van der Waals surface area (Å²) in [7, 11) is 0. The molecule has 18 heavy (non-hydrogen) atoms. The first-order chi connectivity index (χ1) is 8.20. The Bertz CT molecular complexity index is 513. The van der Waals surface area contributed by atoms with Crippen LogP contribution in [0.15, 0.2) is 36.4 Å². The van der Waals surface area contributed by atoms with Gasteiger partial charge in [0.15, 0.2) is 0 Å². The molecule has 0 aliphatic carbocycles. The molecule has 2 nitrogen and oxygen atoms in total. The van der Waals surface area contributed by atoms with Crippen LogP contribution in [-0.2, 0) is 0 Å². The van der Waals surface area contributed by atoms with Gasteiger partial charge in [0.25, 0.3) is 0 Å². The van der Waals surface area contributed by atoms with Crippen molar-refractivity contribution in [3.8, 4) is 5.75 Å². The second-order valence-electron chi connectivity index (χ2n) is 4.54. The summed E-state index contributed by atoms with van der Waals surface area (Å²) < 4.78 is 0. The number of halogens is 1. The zero-order valence-electron chi connectivity index (χ0n) is 10.6. The van der Waals surface area contributed by atoms with Crippen molar-refractivity contribution in [2.75, 3.05) is 0 Å². The lowest BCUT2D eigenvalue weighted by Gasteiger charge is -2.12. The van der Waals surface area contributed by atoms with Crippen molar-refractivity contribution >= 4 is 23.2 Å². The molecule has 0 saturated heterocycles. The lowest BCUT2D eigenvalue weighted by atomic mass is 9.99. The van der Waals surface area contributed by atoms with Crippen molar-refractivity contribution in [1.29, 1.82) is 0 Å². The first-order valence-electron chi connectivity index (χ1n) is 6.19. The van der Waals surface area contributed by atoms with Crippen molar-refractivity contribution in [1.82, 2.24) is 0 Å². The highest BCUT2D eigenvalue weighted by atomic mass is 35.5. The van der Waals surface area contributed by atoms with E-state index >= 15 is 0 Å². The van der Waals surface area contributed by atoms with Crippen LogP contribution in [0, 0.1) is 0 Å². The molecule has 98 valence electrons. The summed E-state index contributed by atoms with van der Waals surface area (Å²) in [5, 5.41) is 11.6. The van der Waals surface area contributed by atoms with Crippen LogP contribution in [0.1, 0.15) is 37.8 Å². The molecule has 3 heteroatoms. The molecule has 0 bridgehead atoms. The van der Waals surface area contributed by atoms with Gasteiger partial charge in [-0.25, -0.2) is 0 Å². The smallest absolute Gasteiger partial charge is 0.116 e. The lowest BCUT2D eigenvalue weighted by molar-refractivity contribution is 0.476. The number of phenols is 1. The van der Waals surface area contributed by atoms with Crippen molar-refractivity contribution < 1.29 is 5.11 Å². The average Bonchev–Trinajstić information content (AvgIpc) is 2.35. The molecular formula is C15H20ClNO. The molecule has 0 amide bonds. The van der Waals surface area contributed by atoms with E-state index in [4.69, 9.17) is 5.73 Å². The fourth-order valence-corrected chi connectivity index (χ4v) is 2.07. The average molecular weight is 266 g/mol. The van der Waals surface area contributed by atoms with Crippen molar-refractivity contribution in [3.63, 3.8) is 0 Å². The molecule has 0 spiro atoms. The van der Waals surface area contributed by atoms with E-state index in [2.05, 4.69) is 19.1 Å². The number of phenolic OH excluding ortho intramolecular Hbond substituents is 1. The van der Waals surface area contributed by atoms with E-state index in [0.717, 1.165) is 23.6 Å². The minimum atomic E-state index is 0. The Balaban J connectivity index is 0.00000162. The van der Waals surface area contributed by atoms with Crippen LogP contribution in [0.4, 0.5) is 0 Å².